The molecule has 0 N–H and O–H groups in total. The van der Waals surface area contributed by atoms with Crippen molar-refractivity contribution in [1.82, 2.24) is 0 Å². The summed E-state index contributed by atoms with van der Waals surface area (Å²) < 4.78 is 9.81. The van der Waals surface area contributed by atoms with Crippen molar-refractivity contribution in [2.75, 3.05) is 13.2 Å². The molecule has 0 bridgehead atoms. The van der Waals surface area contributed by atoms with E-state index in [1.54, 1.807) is 0 Å². The molecule has 0 aliphatic carbocycles. The zero-order valence-electron chi connectivity index (χ0n) is 5.26. The van der Waals surface area contributed by atoms with Gasteiger partial charge in [-0.2, -0.15) is 0 Å². The molecule has 0 amide bonds. The summed E-state index contributed by atoms with van der Waals surface area (Å²) in [7, 11) is -1.08. The third kappa shape index (κ3) is 4.17. The first-order valence-electron chi connectivity index (χ1n) is 2.61. The van der Waals surface area contributed by atoms with E-state index in [0.29, 0.717) is 13.2 Å². The molecule has 0 heterocycles. The fourth-order valence-corrected chi connectivity index (χ4v) is 0.875. The Bertz CT molecular complexity index is 92.7. The van der Waals surface area contributed by atoms with Crippen molar-refractivity contribution in [2.24, 2.45) is 0 Å². The van der Waals surface area contributed by atoms with Crippen LogP contribution in [0.5, 0.6) is 0 Å². The lowest BCUT2D eigenvalue weighted by molar-refractivity contribution is 0.285. The molecule has 0 aliphatic rings. The van der Waals surface area contributed by atoms with E-state index < -0.39 is 7.83 Å². The zero-order valence-corrected chi connectivity index (χ0v) is 6.15. The topological polar surface area (TPSA) is 18.5 Å². The summed E-state index contributed by atoms with van der Waals surface area (Å²) in [6.45, 7) is 5.03. The van der Waals surface area contributed by atoms with Crippen molar-refractivity contribution >= 4 is 7.83 Å². The van der Waals surface area contributed by atoms with Gasteiger partial charge in [-0.15, -0.1) is 0 Å². The van der Waals surface area contributed by atoms with Crippen molar-refractivity contribution < 1.29 is 9.05 Å². The highest BCUT2D eigenvalue weighted by molar-refractivity contribution is 7.35. The first-order valence-corrected chi connectivity index (χ1v) is 3.86. The third-order valence-corrected chi connectivity index (χ3v) is 1.54. The maximum absolute atomic E-state index is 5.32. The Morgan fingerprint density at radius 1 is 1.25 bits per heavy atom. The average Bonchev–Trinajstić information content (AvgIpc) is 1.68. The van der Waals surface area contributed by atoms with Gasteiger partial charge in [0.1, 0.15) is 0 Å². The largest absolute Gasteiger partial charge is 0.308 e. The van der Waals surface area contributed by atoms with Crippen LogP contribution < -0.4 is 0 Å². The number of hydrogen-bond acceptors (Lipinski definition) is 2. The molecule has 0 saturated heterocycles. The molecule has 0 unspecified atom stereocenters. The lowest BCUT2D eigenvalue weighted by Crippen LogP contribution is -1.80. The monoisotopic (exact) mass is 134 g/mol. The summed E-state index contributed by atoms with van der Waals surface area (Å²) in [4.78, 5) is 0. The predicted molar refractivity (Wildman–Crippen MR) is 35.1 cm³/mol. The fraction of sp³-hybridized carbons (Fsp3) is 0.800. The molecule has 0 rings (SSSR count). The fourth-order valence-electron chi connectivity index (χ4n) is 0.292. The van der Waals surface area contributed by atoms with Crippen LogP contribution in [0.3, 0.4) is 0 Å². The molecule has 48 valence electrons. The Kier molecular flexibility index (Phi) is 5.14. The lowest BCUT2D eigenvalue weighted by Gasteiger charge is -1.98. The standard InChI is InChI=1S/C5H11O2P/c1-4-6-8(3)7-5-2/h3H,4-5H2,1-2H3. The SMILES string of the molecule is C#P(OCC)OCC. The average molecular weight is 134 g/mol. The molecule has 0 atom stereocenters. The minimum Gasteiger partial charge on any atom is -0.308 e. The van der Waals surface area contributed by atoms with Gasteiger partial charge in [-0.05, 0) is 13.8 Å². The van der Waals surface area contributed by atoms with Crippen molar-refractivity contribution in [2.45, 2.75) is 13.8 Å². The van der Waals surface area contributed by atoms with Crippen LogP contribution in [-0.4, -0.2) is 13.2 Å². The van der Waals surface area contributed by atoms with Crippen molar-refractivity contribution in [3.8, 4) is 6.13 Å². The summed E-state index contributed by atoms with van der Waals surface area (Å²) in [5.74, 6) is 0. The summed E-state index contributed by atoms with van der Waals surface area (Å²) in [5, 5.41) is 0. The van der Waals surface area contributed by atoms with Gasteiger partial charge in [0.05, 0.1) is 13.2 Å². The van der Waals surface area contributed by atoms with Gasteiger partial charge in [-0.25, -0.2) is 0 Å². The maximum Gasteiger partial charge on any atom is 0.169 e. The summed E-state index contributed by atoms with van der Waals surface area (Å²) in [6, 6.07) is 0. The van der Waals surface area contributed by atoms with Gasteiger partial charge in [0.25, 0.3) is 0 Å². The predicted octanol–water partition coefficient (Wildman–Crippen LogP) is 1.96. The molecule has 2 nitrogen and oxygen atoms in total. The van der Waals surface area contributed by atoms with Gasteiger partial charge in [-0.1, -0.05) is 6.13 Å². The first kappa shape index (κ1) is 8.00. The Balaban J connectivity index is 3.11. The normalized spacial score (nSPS) is 9.12. The van der Waals surface area contributed by atoms with Crippen LogP contribution in [0.2, 0.25) is 0 Å². The van der Waals surface area contributed by atoms with Gasteiger partial charge >= 0.3 is 0 Å². The van der Waals surface area contributed by atoms with E-state index in [1.165, 1.54) is 0 Å². The Labute approximate surface area is 51.0 Å². The van der Waals surface area contributed by atoms with Crippen LogP contribution in [0, 0.1) is 6.13 Å². The smallest absolute Gasteiger partial charge is 0.169 e. The highest BCUT2D eigenvalue weighted by Gasteiger charge is 1.84. The van der Waals surface area contributed by atoms with E-state index in [2.05, 4.69) is 0 Å². The van der Waals surface area contributed by atoms with E-state index in [4.69, 9.17) is 15.2 Å². The van der Waals surface area contributed by atoms with Crippen molar-refractivity contribution in [3.05, 3.63) is 0 Å². The molecule has 0 radical (unpaired) electrons. The van der Waals surface area contributed by atoms with E-state index in [0.717, 1.165) is 0 Å². The Hall–Kier alpha value is -0.0000000000000000139. The molecule has 8 heavy (non-hydrogen) atoms. The molecule has 0 aromatic heterocycles. The molecule has 0 aliphatic heterocycles. The minimum atomic E-state index is -1.08. The van der Waals surface area contributed by atoms with Crippen molar-refractivity contribution in [3.63, 3.8) is 0 Å². The van der Waals surface area contributed by atoms with Crippen LogP contribution in [0.15, 0.2) is 0 Å². The molecule has 0 saturated carbocycles. The van der Waals surface area contributed by atoms with Crippen LogP contribution in [0.1, 0.15) is 13.8 Å². The first-order chi connectivity index (χ1) is 3.81. The minimum absolute atomic E-state index is 0.627. The van der Waals surface area contributed by atoms with E-state index in [9.17, 15) is 0 Å². The second-order valence-electron chi connectivity index (χ2n) is 1.12. The van der Waals surface area contributed by atoms with Crippen molar-refractivity contribution in [1.29, 1.82) is 0 Å². The Morgan fingerprint density at radius 2 is 1.62 bits per heavy atom. The maximum atomic E-state index is 5.32. The number of rotatable bonds is 2. The van der Waals surface area contributed by atoms with Crippen LogP contribution in [-0.2, 0) is 9.05 Å². The third-order valence-electron chi connectivity index (χ3n) is 0.513. The summed E-state index contributed by atoms with van der Waals surface area (Å²) >= 11 is 0. The van der Waals surface area contributed by atoms with Gasteiger partial charge < -0.3 is 9.05 Å². The molecule has 0 aromatic rings. The van der Waals surface area contributed by atoms with E-state index >= 15 is 0 Å². The molecule has 0 fully saturated rings. The lowest BCUT2D eigenvalue weighted by atomic mass is 10.9. The molecule has 3 heteroatoms. The number of hydrogen-bond donors (Lipinski definition) is 0. The van der Waals surface area contributed by atoms with Gasteiger partial charge in [-0.3, -0.25) is 0 Å². The zero-order chi connectivity index (χ0) is 6.41. The van der Waals surface area contributed by atoms with E-state index in [1.807, 2.05) is 13.8 Å². The second-order valence-corrected chi connectivity index (χ2v) is 2.21. The summed E-state index contributed by atoms with van der Waals surface area (Å²) in [5.41, 5.74) is 0. The van der Waals surface area contributed by atoms with E-state index in [-0.39, 0.29) is 0 Å². The molecular formula is C5H11O2P. The van der Waals surface area contributed by atoms with Gasteiger partial charge in [0, 0.05) is 0 Å². The molecule has 0 aromatic carbocycles. The quantitative estimate of drug-likeness (QED) is 0.537. The Morgan fingerprint density at radius 3 is 1.88 bits per heavy atom. The van der Waals surface area contributed by atoms with Gasteiger partial charge in [0.15, 0.2) is 7.83 Å². The van der Waals surface area contributed by atoms with Crippen LogP contribution in [0.25, 0.3) is 0 Å². The van der Waals surface area contributed by atoms with Crippen LogP contribution in [0.4, 0.5) is 0 Å². The molecular weight excluding hydrogens is 123 g/mol. The summed E-state index contributed by atoms with van der Waals surface area (Å²) in [6.07, 6.45) is 5.32. The molecule has 0 spiro atoms. The van der Waals surface area contributed by atoms with Crippen LogP contribution >= 0.6 is 7.83 Å². The highest BCUT2D eigenvalue weighted by atomic mass is 31.1. The highest BCUT2D eigenvalue weighted by Crippen LogP contribution is 2.18. The second kappa shape index (κ2) is 5.14. The van der Waals surface area contributed by atoms with Gasteiger partial charge in [0.2, 0.25) is 0 Å².